The molecule has 0 unspecified atom stereocenters. The van der Waals surface area contributed by atoms with Crippen LogP contribution in [-0.2, 0) is 10.0 Å². The lowest BCUT2D eigenvalue weighted by atomic mass is 9.96. The molecule has 0 saturated heterocycles. The van der Waals surface area contributed by atoms with Gasteiger partial charge in [-0.15, -0.1) is 0 Å². The standard InChI is InChI=1S/C25H27ClN2O4S/c1-17(2)15-24(18-9-12-20(32-3)13-10-18)27-25(29)22-14-11-19(16-23(22)26)28-33(30,31)21-7-5-4-6-8-21/h4-14,16-17,24,28H,15H2,1-3H3,(H,27,29)/t24-/m1/s1. The SMILES string of the molecule is COc1ccc([C@@H](CC(C)C)NC(=O)c2ccc(NS(=O)(=O)c3ccccc3)cc2Cl)cc1. The molecule has 0 aliphatic rings. The minimum atomic E-state index is -3.76. The normalized spacial score (nSPS) is 12.3. The van der Waals surface area contributed by atoms with Gasteiger partial charge in [-0.05, 0) is 60.4 Å². The van der Waals surface area contributed by atoms with Gasteiger partial charge in [-0.1, -0.05) is 55.8 Å². The number of nitrogens with one attached hydrogen (secondary N) is 2. The second-order valence-corrected chi connectivity index (χ2v) is 10.1. The van der Waals surface area contributed by atoms with Crippen LogP contribution in [0.1, 0.15) is 42.2 Å². The van der Waals surface area contributed by atoms with Gasteiger partial charge in [-0.3, -0.25) is 9.52 Å². The Morgan fingerprint density at radius 1 is 1.00 bits per heavy atom. The fourth-order valence-electron chi connectivity index (χ4n) is 3.40. The Bertz CT molecular complexity index is 1200. The third kappa shape index (κ3) is 6.49. The number of sulfonamides is 1. The molecule has 3 rings (SSSR count). The summed E-state index contributed by atoms with van der Waals surface area (Å²) in [6.07, 6.45) is 0.741. The van der Waals surface area contributed by atoms with Crippen LogP contribution in [-0.4, -0.2) is 21.4 Å². The largest absolute Gasteiger partial charge is 0.497 e. The molecule has 1 amide bonds. The number of carbonyl (C=O) groups is 1. The van der Waals surface area contributed by atoms with E-state index in [4.69, 9.17) is 16.3 Å². The van der Waals surface area contributed by atoms with Gasteiger partial charge in [0.2, 0.25) is 0 Å². The van der Waals surface area contributed by atoms with Crippen molar-refractivity contribution in [2.75, 3.05) is 11.8 Å². The van der Waals surface area contributed by atoms with Crippen molar-refractivity contribution < 1.29 is 17.9 Å². The van der Waals surface area contributed by atoms with Gasteiger partial charge in [0.25, 0.3) is 15.9 Å². The molecule has 3 aromatic rings. The minimum absolute atomic E-state index is 0.138. The van der Waals surface area contributed by atoms with Gasteiger partial charge in [0.15, 0.2) is 0 Å². The van der Waals surface area contributed by atoms with E-state index < -0.39 is 10.0 Å². The first kappa shape index (κ1) is 24.6. The van der Waals surface area contributed by atoms with E-state index >= 15 is 0 Å². The first-order chi connectivity index (χ1) is 15.7. The first-order valence-corrected chi connectivity index (χ1v) is 12.4. The highest BCUT2D eigenvalue weighted by Gasteiger charge is 2.20. The predicted molar refractivity (Wildman–Crippen MR) is 131 cm³/mol. The summed E-state index contributed by atoms with van der Waals surface area (Å²) >= 11 is 6.36. The van der Waals surface area contributed by atoms with Crippen LogP contribution in [0.25, 0.3) is 0 Å². The third-order valence-corrected chi connectivity index (χ3v) is 6.76. The highest BCUT2D eigenvalue weighted by atomic mass is 35.5. The van der Waals surface area contributed by atoms with Crippen molar-refractivity contribution in [3.05, 3.63) is 88.9 Å². The van der Waals surface area contributed by atoms with E-state index in [-0.39, 0.29) is 33.1 Å². The van der Waals surface area contributed by atoms with E-state index in [0.29, 0.717) is 5.92 Å². The Morgan fingerprint density at radius 2 is 1.67 bits per heavy atom. The monoisotopic (exact) mass is 486 g/mol. The van der Waals surface area contributed by atoms with Gasteiger partial charge in [0.1, 0.15) is 5.75 Å². The number of hydrogen-bond donors (Lipinski definition) is 2. The second-order valence-electron chi connectivity index (χ2n) is 8.04. The van der Waals surface area contributed by atoms with E-state index in [1.54, 1.807) is 25.3 Å². The Labute approximate surface area is 200 Å². The number of amides is 1. The second kappa shape index (κ2) is 10.7. The molecule has 33 heavy (non-hydrogen) atoms. The van der Waals surface area contributed by atoms with E-state index in [9.17, 15) is 13.2 Å². The number of benzene rings is 3. The lowest BCUT2D eigenvalue weighted by molar-refractivity contribution is 0.0932. The van der Waals surface area contributed by atoms with Crippen LogP contribution in [0.3, 0.4) is 0 Å². The zero-order valence-corrected chi connectivity index (χ0v) is 20.3. The van der Waals surface area contributed by atoms with E-state index in [2.05, 4.69) is 23.9 Å². The number of rotatable bonds is 9. The molecule has 2 N–H and O–H groups in total. The topological polar surface area (TPSA) is 84.5 Å². The number of hydrogen-bond acceptors (Lipinski definition) is 4. The molecule has 0 spiro atoms. The Morgan fingerprint density at radius 3 is 2.24 bits per heavy atom. The molecule has 0 aliphatic heterocycles. The molecule has 0 aromatic heterocycles. The summed E-state index contributed by atoms with van der Waals surface area (Å²) in [4.78, 5) is 13.2. The zero-order valence-electron chi connectivity index (χ0n) is 18.7. The number of anilines is 1. The molecule has 0 bridgehead atoms. The fourth-order valence-corrected chi connectivity index (χ4v) is 4.74. The summed E-state index contributed by atoms with van der Waals surface area (Å²) in [5.74, 6) is 0.756. The molecule has 0 fully saturated rings. The first-order valence-electron chi connectivity index (χ1n) is 10.5. The van der Waals surface area contributed by atoms with Crippen molar-refractivity contribution in [2.24, 2.45) is 5.92 Å². The lowest BCUT2D eigenvalue weighted by Gasteiger charge is -2.22. The number of ether oxygens (including phenoxy) is 1. The smallest absolute Gasteiger partial charge is 0.261 e. The highest BCUT2D eigenvalue weighted by Crippen LogP contribution is 2.27. The van der Waals surface area contributed by atoms with Gasteiger partial charge in [-0.2, -0.15) is 0 Å². The summed E-state index contributed by atoms with van der Waals surface area (Å²) in [5, 5.41) is 3.20. The van der Waals surface area contributed by atoms with Crippen LogP contribution in [0.15, 0.2) is 77.7 Å². The van der Waals surface area contributed by atoms with Crippen molar-refractivity contribution in [3.63, 3.8) is 0 Å². The average Bonchev–Trinajstić information content (AvgIpc) is 2.78. The Hall–Kier alpha value is -3.03. The number of methoxy groups -OCH3 is 1. The summed E-state index contributed by atoms with van der Waals surface area (Å²) in [6, 6.07) is 19.8. The van der Waals surface area contributed by atoms with Crippen LogP contribution in [0, 0.1) is 5.92 Å². The van der Waals surface area contributed by atoms with Gasteiger partial charge in [0, 0.05) is 0 Å². The lowest BCUT2D eigenvalue weighted by Crippen LogP contribution is -2.29. The maximum Gasteiger partial charge on any atom is 0.261 e. The van der Waals surface area contributed by atoms with Crippen molar-refractivity contribution in [2.45, 2.75) is 31.2 Å². The molecule has 174 valence electrons. The third-order valence-electron chi connectivity index (χ3n) is 5.05. The summed E-state index contributed by atoms with van der Waals surface area (Å²) in [7, 11) is -2.15. The molecule has 0 radical (unpaired) electrons. The number of halogens is 1. The molecule has 6 nitrogen and oxygen atoms in total. The van der Waals surface area contributed by atoms with Gasteiger partial charge in [-0.25, -0.2) is 8.42 Å². The molecule has 0 aliphatic carbocycles. The van der Waals surface area contributed by atoms with Crippen LogP contribution >= 0.6 is 11.6 Å². The summed E-state index contributed by atoms with van der Waals surface area (Å²) in [6.45, 7) is 4.17. The minimum Gasteiger partial charge on any atom is -0.497 e. The predicted octanol–water partition coefficient (Wildman–Crippen LogP) is 5.67. The molecular formula is C25H27ClN2O4S. The van der Waals surface area contributed by atoms with E-state index in [1.807, 2.05) is 24.3 Å². The molecule has 8 heteroatoms. The number of carbonyl (C=O) groups excluding carboxylic acids is 1. The van der Waals surface area contributed by atoms with Crippen molar-refractivity contribution in [1.82, 2.24) is 5.32 Å². The van der Waals surface area contributed by atoms with E-state index in [1.165, 1.54) is 30.3 Å². The van der Waals surface area contributed by atoms with Crippen LogP contribution < -0.4 is 14.8 Å². The molecule has 0 saturated carbocycles. The van der Waals surface area contributed by atoms with Gasteiger partial charge in [0.05, 0.1) is 34.3 Å². The Kier molecular flexibility index (Phi) is 8.00. The van der Waals surface area contributed by atoms with E-state index in [0.717, 1.165) is 17.7 Å². The summed E-state index contributed by atoms with van der Waals surface area (Å²) in [5.41, 5.74) is 1.50. The van der Waals surface area contributed by atoms with Gasteiger partial charge < -0.3 is 10.1 Å². The molecule has 1 atom stereocenters. The molecular weight excluding hydrogens is 460 g/mol. The Balaban J connectivity index is 1.78. The van der Waals surface area contributed by atoms with Gasteiger partial charge >= 0.3 is 0 Å². The molecule has 0 heterocycles. The average molecular weight is 487 g/mol. The highest BCUT2D eigenvalue weighted by molar-refractivity contribution is 7.92. The van der Waals surface area contributed by atoms with Crippen LogP contribution in [0.2, 0.25) is 5.02 Å². The quantitative estimate of drug-likeness (QED) is 0.408. The molecule has 3 aromatic carbocycles. The van der Waals surface area contributed by atoms with Crippen LogP contribution in [0.4, 0.5) is 5.69 Å². The summed E-state index contributed by atoms with van der Waals surface area (Å²) < 4.78 is 32.8. The van der Waals surface area contributed by atoms with Crippen LogP contribution in [0.5, 0.6) is 5.75 Å². The van der Waals surface area contributed by atoms with Crippen molar-refractivity contribution in [1.29, 1.82) is 0 Å². The zero-order chi connectivity index (χ0) is 24.0. The maximum atomic E-state index is 13.0. The fraction of sp³-hybridized carbons (Fsp3) is 0.240. The van der Waals surface area contributed by atoms with Crippen molar-refractivity contribution in [3.8, 4) is 5.75 Å². The maximum absolute atomic E-state index is 13.0. The van der Waals surface area contributed by atoms with Crippen molar-refractivity contribution >= 4 is 33.2 Å².